The molecule has 0 atom stereocenters. The van der Waals surface area contributed by atoms with Crippen molar-refractivity contribution in [1.29, 1.82) is 0 Å². The lowest BCUT2D eigenvalue weighted by molar-refractivity contribution is 1.13. The molecular formula is C52H34N4. The molecule has 0 spiro atoms. The molecule has 12 rings (SSSR count). The molecule has 0 N–H and O–H groups in total. The van der Waals surface area contributed by atoms with Gasteiger partial charge in [0.05, 0.1) is 33.1 Å². The highest BCUT2D eigenvalue weighted by atomic mass is 15.0. The summed E-state index contributed by atoms with van der Waals surface area (Å²) in [6.45, 7) is 0. The second-order valence-corrected chi connectivity index (χ2v) is 14.6. The highest BCUT2D eigenvalue weighted by molar-refractivity contribution is 6.19. The summed E-state index contributed by atoms with van der Waals surface area (Å²) in [6, 6.07) is 70.3. The average Bonchev–Trinajstić information content (AvgIpc) is 4.05. The molecule has 262 valence electrons. The summed E-state index contributed by atoms with van der Waals surface area (Å²) < 4.78 is 9.43. The largest absolute Gasteiger partial charge is 0.316 e. The van der Waals surface area contributed by atoms with Gasteiger partial charge < -0.3 is 18.3 Å². The summed E-state index contributed by atoms with van der Waals surface area (Å²) >= 11 is 0. The van der Waals surface area contributed by atoms with Crippen molar-refractivity contribution in [2.24, 2.45) is 0 Å². The summed E-state index contributed by atoms with van der Waals surface area (Å²) in [7, 11) is 0. The van der Waals surface area contributed by atoms with Gasteiger partial charge in [0.25, 0.3) is 0 Å². The van der Waals surface area contributed by atoms with Crippen LogP contribution in [0.2, 0.25) is 0 Å². The van der Waals surface area contributed by atoms with Gasteiger partial charge in [-0.25, -0.2) is 0 Å². The van der Waals surface area contributed by atoms with Crippen LogP contribution in [0.4, 0.5) is 0 Å². The van der Waals surface area contributed by atoms with Crippen LogP contribution in [0.1, 0.15) is 0 Å². The van der Waals surface area contributed by atoms with Crippen molar-refractivity contribution in [3.05, 3.63) is 207 Å². The zero-order valence-electron chi connectivity index (χ0n) is 30.4. The Morgan fingerprint density at radius 3 is 1.05 bits per heavy atom. The number of rotatable bonds is 5. The van der Waals surface area contributed by atoms with E-state index in [1.54, 1.807) is 0 Å². The van der Waals surface area contributed by atoms with Crippen LogP contribution in [0, 0.1) is 0 Å². The first-order valence-corrected chi connectivity index (χ1v) is 19.2. The van der Waals surface area contributed by atoms with Crippen molar-refractivity contribution in [3.8, 4) is 33.9 Å². The van der Waals surface area contributed by atoms with Gasteiger partial charge in [0, 0.05) is 67.5 Å². The Kier molecular flexibility index (Phi) is 6.60. The van der Waals surface area contributed by atoms with Crippen LogP contribution < -0.4 is 0 Å². The van der Waals surface area contributed by atoms with Gasteiger partial charge in [-0.3, -0.25) is 0 Å². The van der Waals surface area contributed by atoms with E-state index < -0.39 is 0 Å². The van der Waals surface area contributed by atoms with E-state index in [9.17, 15) is 0 Å². The van der Waals surface area contributed by atoms with Crippen molar-refractivity contribution < 1.29 is 0 Å². The van der Waals surface area contributed by atoms with Gasteiger partial charge in [0.15, 0.2) is 0 Å². The first-order valence-electron chi connectivity index (χ1n) is 19.2. The Balaban J connectivity index is 0.900. The predicted molar refractivity (Wildman–Crippen MR) is 234 cm³/mol. The van der Waals surface area contributed by atoms with Crippen molar-refractivity contribution in [2.45, 2.75) is 0 Å². The van der Waals surface area contributed by atoms with Crippen LogP contribution in [0.5, 0.6) is 0 Å². The molecule has 4 nitrogen and oxygen atoms in total. The maximum absolute atomic E-state index is 2.41. The molecule has 0 saturated heterocycles. The van der Waals surface area contributed by atoms with Crippen molar-refractivity contribution >= 4 is 65.4 Å². The molecule has 4 heterocycles. The zero-order valence-corrected chi connectivity index (χ0v) is 30.4. The molecule has 0 radical (unpaired) electrons. The fourth-order valence-corrected chi connectivity index (χ4v) is 9.12. The molecule has 12 aromatic rings. The lowest BCUT2D eigenvalue weighted by Gasteiger charge is -2.11. The second-order valence-electron chi connectivity index (χ2n) is 14.6. The Morgan fingerprint density at radius 2 is 0.625 bits per heavy atom. The van der Waals surface area contributed by atoms with E-state index in [2.05, 4.69) is 225 Å². The average molecular weight is 715 g/mol. The molecule has 0 aliphatic rings. The van der Waals surface area contributed by atoms with Crippen molar-refractivity contribution in [1.82, 2.24) is 18.3 Å². The van der Waals surface area contributed by atoms with Crippen molar-refractivity contribution in [3.63, 3.8) is 0 Å². The lowest BCUT2D eigenvalue weighted by Crippen LogP contribution is -1.95. The number of fused-ring (bicyclic) bond motifs is 10. The number of aromatic nitrogens is 4. The third kappa shape index (κ3) is 4.47. The third-order valence-electron chi connectivity index (χ3n) is 11.7. The van der Waals surface area contributed by atoms with E-state index in [0.717, 1.165) is 11.4 Å². The summed E-state index contributed by atoms with van der Waals surface area (Å²) in [6.07, 6.45) is 4.41. The minimum atomic E-state index is 1.14. The van der Waals surface area contributed by atoms with Crippen LogP contribution in [0.25, 0.3) is 99.3 Å². The summed E-state index contributed by atoms with van der Waals surface area (Å²) in [5, 5.41) is 7.55. The number of hydrogen-bond acceptors (Lipinski definition) is 0. The van der Waals surface area contributed by atoms with E-state index in [4.69, 9.17) is 0 Å². The molecular weight excluding hydrogens is 681 g/mol. The van der Waals surface area contributed by atoms with Crippen LogP contribution in [0.3, 0.4) is 0 Å². The molecule has 0 unspecified atom stereocenters. The summed E-state index contributed by atoms with van der Waals surface area (Å²) in [4.78, 5) is 0. The van der Waals surface area contributed by atoms with Crippen LogP contribution in [-0.2, 0) is 0 Å². The molecule has 0 aliphatic carbocycles. The Bertz CT molecular complexity index is 3200. The van der Waals surface area contributed by atoms with E-state index in [0.29, 0.717) is 0 Å². The topological polar surface area (TPSA) is 19.7 Å². The molecule has 4 heteroatoms. The molecule has 0 saturated carbocycles. The zero-order chi connectivity index (χ0) is 36.7. The Labute approximate surface area is 322 Å². The summed E-state index contributed by atoms with van der Waals surface area (Å²) in [5.41, 5.74) is 14.3. The first-order chi connectivity index (χ1) is 27.8. The fraction of sp³-hybridized carbons (Fsp3) is 0. The van der Waals surface area contributed by atoms with E-state index in [1.807, 2.05) is 0 Å². The van der Waals surface area contributed by atoms with Gasteiger partial charge in [0.1, 0.15) is 0 Å². The minimum Gasteiger partial charge on any atom is -0.316 e. The molecule has 0 aliphatic heterocycles. The maximum atomic E-state index is 2.41. The number of hydrogen-bond donors (Lipinski definition) is 0. The summed E-state index contributed by atoms with van der Waals surface area (Å²) in [5.74, 6) is 0. The molecule has 8 aromatic carbocycles. The van der Waals surface area contributed by atoms with Crippen LogP contribution in [0.15, 0.2) is 207 Å². The minimum absolute atomic E-state index is 1.14. The number of para-hydroxylation sites is 4. The highest BCUT2D eigenvalue weighted by Crippen LogP contribution is 2.39. The van der Waals surface area contributed by atoms with Crippen LogP contribution in [-0.4, -0.2) is 18.3 Å². The first kappa shape index (κ1) is 30.9. The second kappa shape index (κ2) is 12.0. The monoisotopic (exact) mass is 714 g/mol. The molecule has 4 aromatic heterocycles. The molecule has 0 amide bonds. The fourth-order valence-electron chi connectivity index (χ4n) is 9.12. The molecule has 0 bridgehead atoms. The van der Waals surface area contributed by atoms with Crippen LogP contribution >= 0.6 is 0 Å². The molecule has 56 heavy (non-hydrogen) atoms. The highest BCUT2D eigenvalue weighted by Gasteiger charge is 2.18. The maximum Gasteiger partial charge on any atom is 0.0635 e. The standard InChI is InChI=1S/C52H34N4/c1-3-11-39(12-4-1)55-49-17-9-7-15-41(49)43-27-29-47-45(51(43)55)31-33-53(47)37-23-19-35(20-24-37)36-21-25-38(26-22-36)54-34-32-46-48(54)30-28-44-42-16-8-10-18-50(42)56(52(44)46)40-13-5-2-6-14-40/h1-34H. The normalized spacial score (nSPS) is 11.9. The Morgan fingerprint density at radius 1 is 0.232 bits per heavy atom. The number of nitrogens with zero attached hydrogens (tertiary/aromatic N) is 4. The quantitative estimate of drug-likeness (QED) is 0.169. The van der Waals surface area contributed by atoms with E-state index in [1.165, 1.54) is 87.9 Å². The van der Waals surface area contributed by atoms with Gasteiger partial charge in [-0.2, -0.15) is 0 Å². The van der Waals surface area contributed by atoms with E-state index in [-0.39, 0.29) is 0 Å². The Hall–Kier alpha value is -7.56. The van der Waals surface area contributed by atoms with E-state index >= 15 is 0 Å². The molecule has 0 fully saturated rings. The van der Waals surface area contributed by atoms with Gasteiger partial charge in [-0.1, -0.05) is 109 Å². The van der Waals surface area contributed by atoms with Gasteiger partial charge in [-0.15, -0.1) is 0 Å². The lowest BCUT2D eigenvalue weighted by atomic mass is 10.0. The van der Waals surface area contributed by atoms with Gasteiger partial charge in [-0.05, 0) is 96.1 Å². The van der Waals surface area contributed by atoms with Gasteiger partial charge in [0.2, 0.25) is 0 Å². The predicted octanol–water partition coefficient (Wildman–Crippen LogP) is 13.4. The number of benzene rings is 8. The smallest absolute Gasteiger partial charge is 0.0635 e. The van der Waals surface area contributed by atoms with Gasteiger partial charge >= 0.3 is 0 Å². The SMILES string of the molecule is c1ccc(-n2c3ccccc3c3ccc4c(ccn4-c4ccc(-c5ccc(-n6ccc7c6ccc6c8ccccc8n(-c8ccccc8)c67)cc5)cc4)c32)cc1. The third-order valence-corrected chi connectivity index (χ3v) is 11.7. The van der Waals surface area contributed by atoms with Crippen molar-refractivity contribution in [2.75, 3.05) is 0 Å².